The van der Waals surface area contributed by atoms with Gasteiger partial charge in [0, 0.05) is 16.8 Å². The molecule has 158 valence electrons. The first kappa shape index (κ1) is 21.1. The summed E-state index contributed by atoms with van der Waals surface area (Å²) in [6.07, 6.45) is -0.617. The van der Waals surface area contributed by atoms with Crippen LogP contribution in [0.3, 0.4) is 0 Å². The summed E-state index contributed by atoms with van der Waals surface area (Å²) in [5.74, 6) is -1.21. The molecule has 0 spiro atoms. The lowest BCUT2D eigenvalue weighted by atomic mass is 9.93. The van der Waals surface area contributed by atoms with E-state index in [2.05, 4.69) is 33.4 Å². The molecule has 0 bridgehead atoms. The number of benzene rings is 3. The zero-order valence-electron chi connectivity index (χ0n) is 17.0. The van der Waals surface area contributed by atoms with Crippen molar-refractivity contribution in [2.45, 2.75) is 24.8 Å². The molecule has 0 radical (unpaired) electrons. The first-order valence-electron chi connectivity index (χ1n) is 9.98. The quantitative estimate of drug-likeness (QED) is 0.497. The average molecular weight is 480 g/mol. The molecule has 2 N–H and O–H groups in total. The van der Waals surface area contributed by atoms with Crippen molar-refractivity contribution in [3.05, 3.63) is 94.0 Å². The third-order valence-electron chi connectivity index (χ3n) is 5.64. The van der Waals surface area contributed by atoms with Crippen LogP contribution >= 0.6 is 15.9 Å². The summed E-state index contributed by atoms with van der Waals surface area (Å²) in [5.41, 5.74) is 3.77. The van der Waals surface area contributed by atoms with E-state index in [1.54, 1.807) is 0 Å². The number of aliphatic carboxylic acids is 1. The second-order valence-electron chi connectivity index (χ2n) is 7.89. The molecule has 1 atom stereocenters. The lowest BCUT2D eigenvalue weighted by Crippen LogP contribution is -2.54. The van der Waals surface area contributed by atoms with Gasteiger partial charge in [0.25, 0.3) is 0 Å². The summed E-state index contributed by atoms with van der Waals surface area (Å²) in [7, 11) is 0. The normalized spacial score (nSPS) is 14.3. The highest BCUT2D eigenvalue weighted by Crippen LogP contribution is 2.44. The molecule has 1 amide bonds. The number of nitrogens with one attached hydrogen (secondary N) is 1. The number of hydrogen-bond acceptors (Lipinski definition) is 3. The van der Waals surface area contributed by atoms with Crippen molar-refractivity contribution >= 4 is 28.0 Å². The summed E-state index contributed by atoms with van der Waals surface area (Å²) in [4.78, 5) is 24.5. The van der Waals surface area contributed by atoms with Gasteiger partial charge >= 0.3 is 12.1 Å². The molecular formula is C25H22BrNO4. The number of carboxylic acid groups (broad SMARTS) is 1. The Morgan fingerprint density at radius 2 is 1.61 bits per heavy atom. The molecule has 1 aliphatic carbocycles. The van der Waals surface area contributed by atoms with Crippen LogP contribution in [0.25, 0.3) is 11.1 Å². The van der Waals surface area contributed by atoms with E-state index < -0.39 is 17.6 Å². The second kappa shape index (κ2) is 8.55. The van der Waals surface area contributed by atoms with E-state index in [0.717, 1.165) is 32.3 Å². The Kier molecular flexibility index (Phi) is 5.83. The molecule has 4 rings (SSSR count). The van der Waals surface area contributed by atoms with Crippen LogP contribution in [0.1, 0.15) is 29.5 Å². The lowest BCUT2D eigenvalue weighted by Gasteiger charge is -2.26. The van der Waals surface area contributed by atoms with Gasteiger partial charge in [0.2, 0.25) is 0 Å². The molecule has 0 heterocycles. The van der Waals surface area contributed by atoms with E-state index in [4.69, 9.17) is 4.74 Å². The maximum Gasteiger partial charge on any atom is 0.408 e. The number of alkyl carbamates (subject to hydrolysis) is 1. The Hall–Kier alpha value is -3.12. The third-order valence-corrected chi connectivity index (χ3v) is 6.13. The minimum absolute atomic E-state index is 0.0840. The van der Waals surface area contributed by atoms with Crippen molar-refractivity contribution in [3.8, 4) is 11.1 Å². The van der Waals surface area contributed by atoms with Gasteiger partial charge in [0.15, 0.2) is 0 Å². The van der Waals surface area contributed by atoms with Crippen LogP contribution < -0.4 is 5.32 Å². The molecule has 0 saturated heterocycles. The topological polar surface area (TPSA) is 75.6 Å². The largest absolute Gasteiger partial charge is 0.480 e. The van der Waals surface area contributed by atoms with Gasteiger partial charge in [-0.15, -0.1) is 0 Å². The van der Waals surface area contributed by atoms with Gasteiger partial charge in [-0.1, -0.05) is 76.6 Å². The van der Waals surface area contributed by atoms with Crippen LogP contribution in [0.2, 0.25) is 0 Å². The standard InChI is InChI=1S/C25H22BrNO4/c1-25(23(28)29,14-16-7-6-8-17(26)13-16)27-24(30)31-15-22-20-11-4-2-9-18(20)19-10-3-5-12-21(19)22/h2-13,22H,14-15H2,1H3,(H,27,30)(H,28,29)/t25-/m0/s1. The molecule has 0 fully saturated rings. The minimum Gasteiger partial charge on any atom is -0.480 e. The summed E-state index contributed by atoms with van der Waals surface area (Å²) in [6.45, 7) is 1.62. The Morgan fingerprint density at radius 1 is 1.00 bits per heavy atom. The molecular weight excluding hydrogens is 458 g/mol. The highest BCUT2D eigenvalue weighted by atomic mass is 79.9. The van der Waals surface area contributed by atoms with Crippen LogP contribution in [0, 0.1) is 0 Å². The Balaban J connectivity index is 1.47. The Labute approximate surface area is 189 Å². The van der Waals surface area contributed by atoms with Gasteiger partial charge in [0.05, 0.1) is 0 Å². The van der Waals surface area contributed by atoms with Gasteiger partial charge in [-0.05, 0) is 46.9 Å². The van der Waals surface area contributed by atoms with E-state index in [1.165, 1.54) is 6.92 Å². The van der Waals surface area contributed by atoms with Gasteiger partial charge in [0.1, 0.15) is 12.1 Å². The fourth-order valence-electron chi connectivity index (χ4n) is 4.09. The SMILES string of the molecule is C[C@@](Cc1cccc(Br)c1)(NC(=O)OCC1c2ccccc2-c2ccccc21)C(=O)O. The Morgan fingerprint density at radius 3 is 2.19 bits per heavy atom. The molecule has 5 nitrogen and oxygen atoms in total. The highest BCUT2D eigenvalue weighted by molar-refractivity contribution is 9.10. The summed E-state index contributed by atoms with van der Waals surface area (Å²) in [6, 6.07) is 23.5. The third kappa shape index (κ3) is 4.35. The molecule has 1 aliphatic rings. The number of carbonyl (C=O) groups excluding carboxylic acids is 1. The molecule has 0 saturated carbocycles. The van der Waals surface area contributed by atoms with Crippen molar-refractivity contribution in [3.63, 3.8) is 0 Å². The van der Waals surface area contributed by atoms with Crippen LogP contribution in [-0.2, 0) is 16.0 Å². The molecule has 31 heavy (non-hydrogen) atoms. The number of hydrogen-bond donors (Lipinski definition) is 2. The predicted octanol–water partition coefficient (Wildman–Crippen LogP) is 5.37. The van der Waals surface area contributed by atoms with Crippen molar-refractivity contribution < 1.29 is 19.4 Å². The first-order chi connectivity index (χ1) is 14.9. The highest BCUT2D eigenvalue weighted by Gasteiger charge is 2.36. The van der Waals surface area contributed by atoms with Gasteiger partial charge in [-0.3, -0.25) is 0 Å². The Bertz CT molecular complexity index is 1100. The van der Waals surface area contributed by atoms with E-state index in [1.807, 2.05) is 60.7 Å². The zero-order chi connectivity index (χ0) is 22.0. The molecule has 0 unspecified atom stereocenters. The molecule has 3 aromatic carbocycles. The van der Waals surface area contributed by atoms with Crippen molar-refractivity contribution in [2.24, 2.45) is 0 Å². The number of carbonyl (C=O) groups is 2. The monoisotopic (exact) mass is 479 g/mol. The summed E-state index contributed by atoms with van der Waals surface area (Å²) in [5, 5.41) is 12.3. The van der Waals surface area contributed by atoms with Crippen molar-refractivity contribution in [1.29, 1.82) is 0 Å². The maximum absolute atomic E-state index is 12.6. The number of rotatable bonds is 6. The average Bonchev–Trinajstić information content (AvgIpc) is 3.06. The number of ether oxygens (including phenoxy) is 1. The number of fused-ring (bicyclic) bond motifs is 3. The summed E-state index contributed by atoms with van der Waals surface area (Å²) < 4.78 is 6.37. The number of amides is 1. The van der Waals surface area contributed by atoms with Crippen molar-refractivity contribution in [2.75, 3.05) is 6.61 Å². The van der Waals surface area contributed by atoms with E-state index in [9.17, 15) is 14.7 Å². The fraction of sp³-hybridized carbons (Fsp3) is 0.200. The lowest BCUT2D eigenvalue weighted by molar-refractivity contribution is -0.143. The van der Waals surface area contributed by atoms with Crippen LogP contribution in [0.15, 0.2) is 77.3 Å². The van der Waals surface area contributed by atoms with Gasteiger partial charge < -0.3 is 15.2 Å². The predicted molar refractivity (Wildman–Crippen MR) is 122 cm³/mol. The molecule has 6 heteroatoms. The number of halogens is 1. The number of carboxylic acids is 1. The van der Waals surface area contributed by atoms with Crippen LogP contribution in [0.5, 0.6) is 0 Å². The molecule has 0 aromatic heterocycles. The van der Waals surface area contributed by atoms with Crippen molar-refractivity contribution in [1.82, 2.24) is 5.32 Å². The second-order valence-corrected chi connectivity index (χ2v) is 8.81. The van der Waals surface area contributed by atoms with Gasteiger partial charge in [-0.25, -0.2) is 9.59 Å². The molecule has 0 aliphatic heterocycles. The first-order valence-corrected chi connectivity index (χ1v) is 10.8. The fourth-order valence-corrected chi connectivity index (χ4v) is 4.53. The minimum atomic E-state index is -1.50. The maximum atomic E-state index is 12.6. The van der Waals surface area contributed by atoms with E-state index in [0.29, 0.717) is 0 Å². The van der Waals surface area contributed by atoms with E-state index >= 15 is 0 Å². The smallest absolute Gasteiger partial charge is 0.408 e. The van der Waals surface area contributed by atoms with Crippen LogP contribution in [-0.4, -0.2) is 29.3 Å². The van der Waals surface area contributed by atoms with Crippen LogP contribution in [0.4, 0.5) is 4.79 Å². The zero-order valence-corrected chi connectivity index (χ0v) is 18.6. The van der Waals surface area contributed by atoms with E-state index in [-0.39, 0.29) is 18.9 Å². The summed E-state index contributed by atoms with van der Waals surface area (Å²) >= 11 is 3.39. The molecule has 3 aromatic rings. The van der Waals surface area contributed by atoms with Gasteiger partial charge in [-0.2, -0.15) is 0 Å².